The highest BCUT2D eigenvalue weighted by Gasteiger charge is 2.30. The lowest BCUT2D eigenvalue weighted by molar-refractivity contribution is -0.135. The Morgan fingerprint density at radius 2 is 1.79 bits per heavy atom. The number of likely N-dealkylation sites (N-methyl/N-ethyl adjacent to an activating group) is 1. The van der Waals surface area contributed by atoms with Gasteiger partial charge in [-0.05, 0) is 18.9 Å². The predicted octanol–water partition coefficient (Wildman–Crippen LogP) is 2.86. The van der Waals surface area contributed by atoms with Crippen molar-refractivity contribution in [2.45, 2.75) is 52.2 Å². The van der Waals surface area contributed by atoms with Crippen LogP contribution in [0.3, 0.4) is 0 Å². The molecule has 2 amide bonds. The van der Waals surface area contributed by atoms with Crippen LogP contribution in [0.4, 0.5) is 5.82 Å². The summed E-state index contributed by atoms with van der Waals surface area (Å²) < 4.78 is 0. The van der Waals surface area contributed by atoms with Crippen LogP contribution in [-0.2, 0) is 9.59 Å². The van der Waals surface area contributed by atoms with E-state index in [1.165, 1.54) is 11.8 Å². The van der Waals surface area contributed by atoms with Gasteiger partial charge in [-0.15, -0.1) is 0 Å². The van der Waals surface area contributed by atoms with Gasteiger partial charge in [0.25, 0.3) is 0 Å². The SMILES string of the molecule is CCN1CCN(C(=O)CSc2nc(Cl)cc(N3CCN(C(=O)CC(C)(C)C)C(C)C3)n2)CC1. The fourth-order valence-corrected chi connectivity index (χ4v) is 5.22. The van der Waals surface area contributed by atoms with Gasteiger partial charge in [0, 0.05) is 64.3 Å². The fourth-order valence-electron chi connectivity index (χ4n) is 4.23. The summed E-state index contributed by atoms with van der Waals surface area (Å²) in [6.07, 6.45) is 0.541. The minimum absolute atomic E-state index is 0.0265. The van der Waals surface area contributed by atoms with Gasteiger partial charge in [-0.2, -0.15) is 0 Å². The van der Waals surface area contributed by atoms with Gasteiger partial charge in [-0.1, -0.05) is 51.1 Å². The van der Waals surface area contributed by atoms with E-state index in [9.17, 15) is 9.59 Å². The number of hydrogen-bond donors (Lipinski definition) is 0. The van der Waals surface area contributed by atoms with Crippen LogP contribution in [0.25, 0.3) is 0 Å². The molecule has 2 saturated heterocycles. The second-order valence-electron chi connectivity index (χ2n) is 10.1. The Balaban J connectivity index is 1.57. The van der Waals surface area contributed by atoms with Gasteiger partial charge in [0.1, 0.15) is 11.0 Å². The average molecular weight is 497 g/mol. The van der Waals surface area contributed by atoms with Crippen molar-refractivity contribution in [3.63, 3.8) is 0 Å². The Morgan fingerprint density at radius 3 is 2.39 bits per heavy atom. The van der Waals surface area contributed by atoms with Crippen LogP contribution in [0.1, 0.15) is 41.0 Å². The molecular weight excluding hydrogens is 460 g/mol. The molecule has 2 aliphatic rings. The summed E-state index contributed by atoms with van der Waals surface area (Å²) in [4.78, 5) is 42.7. The second kappa shape index (κ2) is 11.2. The van der Waals surface area contributed by atoms with Gasteiger partial charge in [0.05, 0.1) is 5.75 Å². The molecule has 1 unspecified atom stereocenters. The standard InChI is InChI=1S/C23H37ClN6O2S/c1-6-27-7-9-28(10-8-27)21(32)16-33-22-25-18(24)13-19(26-22)29-11-12-30(17(2)15-29)20(31)14-23(3,4)5/h13,17H,6-12,14-16H2,1-5H3. The molecule has 0 radical (unpaired) electrons. The lowest BCUT2D eigenvalue weighted by Crippen LogP contribution is -2.54. The van der Waals surface area contributed by atoms with Gasteiger partial charge >= 0.3 is 0 Å². The maximum atomic E-state index is 12.7. The summed E-state index contributed by atoms with van der Waals surface area (Å²) >= 11 is 7.63. The first-order valence-electron chi connectivity index (χ1n) is 11.8. The van der Waals surface area contributed by atoms with Gasteiger partial charge in [-0.3, -0.25) is 9.59 Å². The molecular formula is C23H37ClN6O2S. The minimum Gasteiger partial charge on any atom is -0.353 e. The normalized spacial score (nSPS) is 20.3. The zero-order valence-corrected chi connectivity index (χ0v) is 22.1. The number of thioether (sulfide) groups is 1. The van der Waals surface area contributed by atoms with Crippen LogP contribution >= 0.6 is 23.4 Å². The third-order valence-electron chi connectivity index (χ3n) is 6.11. The first-order chi connectivity index (χ1) is 15.6. The first kappa shape index (κ1) is 26.0. The molecule has 2 fully saturated rings. The Kier molecular flexibility index (Phi) is 8.86. The van der Waals surface area contributed by atoms with Crippen molar-refractivity contribution in [1.29, 1.82) is 0 Å². The van der Waals surface area contributed by atoms with Crippen molar-refractivity contribution in [3.05, 3.63) is 11.2 Å². The maximum absolute atomic E-state index is 12.7. The Bertz CT molecular complexity index is 841. The number of halogens is 1. The van der Waals surface area contributed by atoms with E-state index < -0.39 is 0 Å². The molecule has 0 saturated carbocycles. The highest BCUT2D eigenvalue weighted by molar-refractivity contribution is 7.99. The molecule has 184 valence electrons. The van der Waals surface area contributed by atoms with Gasteiger partial charge in [0.2, 0.25) is 11.8 Å². The lowest BCUT2D eigenvalue weighted by Gasteiger charge is -2.41. The third-order valence-corrected chi connectivity index (χ3v) is 7.14. The minimum atomic E-state index is -0.0265. The molecule has 10 heteroatoms. The van der Waals surface area contributed by atoms with Crippen LogP contribution in [0.2, 0.25) is 5.15 Å². The van der Waals surface area contributed by atoms with Crippen LogP contribution in [-0.4, -0.2) is 101 Å². The molecule has 0 aromatic carbocycles. The Labute approximate surface area is 207 Å². The van der Waals surface area contributed by atoms with E-state index in [-0.39, 0.29) is 23.3 Å². The van der Waals surface area contributed by atoms with Gasteiger partial charge < -0.3 is 19.6 Å². The third kappa shape index (κ3) is 7.45. The average Bonchev–Trinajstić information content (AvgIpc) is 2.75. The van der Waals surface area contributed by atoms with Crippen LogP contribution < -0.4 is 4.90 Å². The Hall–Kier alpha value is -1.58. The topological polar surface area (TPSA) is 72.9 Å². The maximum Gasteiger partial charge on any atom is 0.233 e. The summed E-state index contributed by atoms with van der Waals surface area (Å²) in [6.45, 7) is 16.9. The lowest BCUT2D eigenvalue weighted by atomic mass is 9.91. The summed E-state index contributed by atoms with van der Waals surface area (Å²) in [5, 5.41) is 0.877. The number of piperazine rings is 2. The van der Waals surface area contributed by atoms with Crippen molar-refractivity contribution in [3.8, 4) is 0 Å². The predicted molar refractivity (Wildman–Crippen MR) is 134 cm³/mol. The van der Waals surface area contributed by atoms with Crippen molar-refractivity contribution < 1.29 is 9.59 Å². The summed E-state index contributed by atoms with van der Waals surface area (Å²) in [5.41, 5.74) is -0.0265. The van der Waals surface area contributed by atoms with E-state index in [4.69, 9.17) is 11.6 Å². The molecule has 0 N–H and O–H groups in total. The van der Waals surface area contributed by atoms with Crippen molar-refractivity contribution in [2.24, 2.45) is 5.41 Å². The van der Waals surface area contributed by atoms with Crippen molar-refractivity contribution >= 4 is 41.0 Å². The zero-order valence-electron chi connectivity index (χ0n) is 20.5. The number of aromatic nitrogens is 2. The smallest absolute Gasteiger partial charge is 0.233 e. The van der Waals surface area contributed by atoms with Crippen molar-refractivity contribution in [1.82, 2.24) is 24.7 Å². The molecule has 33 heavy (non-hydrogen) atoms. The van der Waals surface area contributed by atoms with E-state index >= 15 is 0 Å². The van der Waals surface area contributed by atoms with E-state index in [0.29, 0.717) is 42.1 Å². The Morgan fingerprint density at radius 1 is 1.09 bits per heavy atom. The number of rotatable bonds is 6. The molecule has 0 aliphatic carbocycles. The number of hydrogen-bond acceptors (Lipinski definition) is 7. The summed E-state index contributed by atoms with van der Waals surface area (Å²) in [6, 6.07) is 1.85. The molecule has 1 aromatic rings. The number of anilines is 1. The van der Waals surface area contributed by atoms with Crippen molar-refractivity contribution in [2.75, 3.05) is 63.0 Å². The monoisotopic (exact) mass is 496 g/mol. The van der Waals surface area contributed by atoms with Gasteiger partial charge in [-0.25, -0.2) is 9.97 Å². The number of nitrogens with zero attached hydrogens (tertiary/aromatic N) is 6. The van der Waals surface area contributed by atoms with E-state index in [0.717, 1.165) is 38.5 Å². The van der Waals surface area contributed by atoms with E-state index in [1.807, 2.05) is 9.80 Å². The summed E-state index contributed by atoms with van der Waals surface area (Å²) in [7, 11) is 0. The van der Waals surface area contributed by atoms with E-state index in [1.54, 1.807) is 6.07 Å². The highest BCUT2D eigenvalue weighted by atomic mass is 35.5. The zero-order chi connectivity index (χ0) is 24.2. The quantitative estimate of drug-likeness (QED) is 0.340. The molecule has 1 atom stereocenters. The molecule has 2 aliphatic heterocycles. The molecule has 0 bridgehead atoms. The largest absolute Gasteiger partial charge is 0.353 e. The van der Waals surface area contributed by atoms with Crippen LogP contribution in [0, 0.1) is 5.41 Å². The molecule has 8 nitrogen and oxygen atoms in total. The molecule has 0 spiro atoms. The van der Waals surface area contributed by atoms with E-state index in [2.05, 4.69) is 54.4 Å². The number of amides is 2. The highest BCUT2D eigenvalue weighted by Crippen LogP contribution is 2.26. The molecule has 3 heterocycles. The fraction of sp³-hybridized carbons (Fsp3) is 0.739. The van der Waals surface area contributed by atoms with Crippen LogP contribution in [0.15, 0.2) is 11.2 Å². The van der Waals surface area contributed by atoms with Crippen LogP contribution in [0.5, 0.6) is 0 Å². The summed E-state index contributed by atoms with van der Waals surface area (Å²) in [5.74, 6) is 1.36. The van der Waals surface area contributed by atoms with Gasteiger partial charge in [0.15, 0.2) is 5.16 Å². The molecule has 1 aromatic heterocycles. The number of carbonyl (C=O) groups is 2. The second-order valence-corrected chi connectivity index (χ2v) is 11.4. The number of carbonyl (C=O) groups excluding carboxylic acids is 2. The first-order valence-corrected chi connectivity index (χ1v) is 13.1. The molecule has 3 rings (SSSR count).